The Hall–Kier alpha value is -3.99. The van der Waals surface area contributed by atoms with E-state index in [2.05, 4.69) is 4.90 Å². The largest absolute Gasteiger partial charge is 0.415 e. The first-order chi connectivity index (χ1) is 15.7. The van der Waals surface area contributed by atoms with Gasteiger partial charge in [-0.15, -0.1) is 0 Å². The van der Waals surface area contributed by atoms with E-state index in [1.807, 2.05) is 0 Å². The summed E-state index contributed by atoms with van der Waals surface area (Å²) in [5, 5.41) is 10.7. The maximum absolute atomic E-state index is 12.6. The molecule has 0 unspecified atom stereocenters. The number of hydrogen-bond acceptors (Lipinski definition) is 7. The minimum atomic E-state index is -0.586. The van der Waals surface area contributed by atoms with Gasteiger partial charge in [-0.25, -0.2) is 4.79 Å². The van der Waals surface area contributed by atoms with E-state index in [1.165, 1.54) is 30.3 Å². The molecular weight excluding hydrogens is 430 g/mol. The number of carbonyl (C=O) groups excluding carboxylic acids is 3. The zero-order valence-corrected chi connectivity index (χ0v) is 18.2. The van der Waals surface area contributed by atoms with Crippen molar-refractivity contribution in [1.29, 1.82) is 0 Å². The third kappa shape index (κ3) is 6.26. The third-order valence-electron chi connectivity index (χ3n) is 5.38. The fourth-order valence-electron chi connectivity index (χ4n) is 3.37. The number of carbonyl (C=O) groups is 3. The molecule has 0 spiro atoms. The molecule has 1 fully saturated rings. The number of nitro groups is 1. The molecule has 1 saturated heterocycles. The third-order valence-corrected chi connectivity index (χ3v) is 5.38. The summed E-state index contributed by atoms with van der Waals surface area (Å²) in [6.45, 7) is 3.27. The van der Waals surface area contributed by atoms with Crippen LogP contribution in [-0.2, 0) is 0 Å². The van der Waals surface area contributed by atoms with Crippen molar-refractivity contribution in [3.05, 3.63) is 69.8 Å². The van der Waals surface area contributed by atoms with Gasteiger partial charge < -0.3 is 20.3 Å². The van der Waals surface area contributed by atoms with E-state index in [0.717, 1.165) is 0 Å². The number of ether oxygens (including phenoxy) is 1. The maximum Gasteiger partial charge on any atom is 0.415 e. The number of likely N-dealkylation sites (N-methyl/N-ethyl adjacent to an activating group) is 1. The minimum Gasteiger partial charge on any atom is -0.410 e. The van der Waals surface area contributed by atoms with E-state index in [0.29, 0.717) is 44.8 Å². The van der Waals surface area contributed by atoms with E-state index < -0.39 is 16.9 Å². The Morgan fingerprint density at radius 2 is 1.70 bits per heavy atom. The highest BCUT2D eigenvalue weighted by molar-refractivity contribution is 5.99. The summed E-state index contributed by atoms with van der Waals surface area (Å²) in [5.41, 5.74) is 5.88. The van der Waals surface area contributed by atoms with E-state index in [1.54, 1.807) is 35.0 Å². The van der Waals surface area contributed by atoms with Crippen molar-refractivity contribution in [1.82, 2.24) is 14.7 Å². The maximum atomic E-state index is 12.6. The Morgan fingerprint density at radius 1 is 1.06 bits per heavy atom. The van der Waals surface area contributed by atoms with Gasteiger partial charge in [-0.1, -0.05) is 6.07 Å². The molecule has 1 aliphatic heterocycles. The van der Waals surface area contributed by atoms with Crippen molar-refractivity contribution in [2.75, 3.05) is 46.3 Å². The molecule has 2 aromatic carbocycles. The van der Waals surface area contributed by atoms with Crippen molar-refractivity contribution in [2.45, 2.75) is 0 Å². The molecule has 3 rings (SSSR count). The van der Waals surface area contributed by atoms with Crippen LogP contribution in [0, 0.1) is 10.1 Å². The summed E-state index contributed by atoms with van der Waals surface area (Å²) in [4.78, 5) is 51.8. The molecule has 2 N–H and O–H groups in total. The van der Waals surface area contributed by atoms with Gasteiger partial charge in [0.05, 0.1) is 4.92 Å². The molecule has 174 valence electrons. The average molecular weight is 455 g/mol. The van der Waals surface area contributed by atoms with Gasteiger partial charge in [-0.2, -0.15) is 0 Å². The Balaban J connectivity index is 1.43. The first-order valence-electron chi connectivity index (χ1n) is 10.3. The van der Waals surface area contributed by atoms with E-state index in [9.17, 15) is 24.5 Å². The summed E-state index contributed by atoms with van der Waals surface area (Å²) >= 11 is 0. The van der Waals surface area contributed by atoms with Crippen LogP contribution in [0.15, 0.2) is 48.5 Å². The Labute approximate surface area is 190 Å². The van der Waals surface area contributed by atoms with Crippen LogP contribution in [0.25, 0.3) is 0 Å². The van der Waals surface area contributed by atoms with E-state index in [-0.39, 0.29) is 22.9 Å². The number of non-ortho nitro benzene ring substituents is 1. The van der Waals surface area contributed by atoms with Crippen molar-refractivity contribution < 1.29 is 24.0 Å². The van der Waals surface area contributed by atoms with Crippen molar-refractivity contribution in [3.63, 3.8) is 0 Å². The van der Waals surface area contributed by atoms with Crippen LogP contribution in [0.4, 0.5) is 10.5 Å². The number of nitro benzene ring substituents is 1. The van der Waals surface area contributed by atoms with Crippen molar-refractivity contribution in [3.8, 4) is 5.75 Å². The topological polar surface area (TPSA) is 139 Å². The lowest BCUT2D eigenvalue weighted by molar-refractivity contribution is -0.384. The number of benzene rings is 2. The zero-order chi connectivity index (χ0) is 24.0. The second kappa shape index (κ2) is 10.6. The summed E-state index contributed by atoms with van der Waals surface area (Å²) in [6.07, 6.45) is -0.509. The second-order valence-electron chi connectivity index (χ2n) is 7.62. The molecular formula is C22H25N5O6. The monoisotopic (exact) mass is 455 g/mol. The van der Waals surface area contributed by atoms with Gasteiger partial charge in [-0.05, 0) is 30.3 Å². The lowest BCUT2D eigenvalue weighted by atomic mass is 10.1. The predicted octanol–water partition coefficient (Wildman–Crippen LogP) is 1.58. The molecule has 2 aromatic rings. The average Bonchev–Trinajstić information content (AvgIpc) is 2.82. The van der Waals surface area contributed by atoms with Gasteiger partial charge >= 0.3 is 6.09 Å². The van der Waals surface area contributed by atoms with E-state index >= 15 is 0 Å². The second-order valence-corrected chi connectivity index (χ2v) is 7.62. The molecule has 0 radical (unpaired) electrons. The normalized spacial score (nSPS) is 13.9. The lowest BCUT2D eigenvalue weighted by Crippen LogP contribution is -2.51. The minimum absolute atomic E-state index is 0.0764. The summed E-state index contributed by atoms with van der Waals surface area (Å²) < 4.78 is 5.29. The fraction of sp³-hybridized carbons (Fsp3) is 0.318. The molecule has 11 nitrogen and oxygen atoms in total. The molecule has 0 aromatic heterocycles. The number of piperazine rings is 1. The van der Waals surface area contributed by atoms with Crippen LogP contribution in [0.2, 0.25) is 0 Å². The zero-order valence-electron chi connectivity index (χ0n) is 18.2. The summed E-state index contributed by atoms with van der Waals surface area (Å²) in [7, 11) is 1.69. The Kier molecular flexibility index (Phi) is 7.57. The molecule has 0 saturated carbocycles. The van der Waals surface area contributed by atoms with Gasteiger partial charge in [0.15, 0.2) is 0 Å². The quantitative estimate of drug-likeness (QED) is 0.494. The van der Waals surface area contributed by atoms with Crippen LogP contribution >= 0.6 is 0 Å². The number of amides is 3. The van der Waals surface area contributed by atoms with E-state index in [4.69, 9.17) is 10.5 Å². The van der Waals surface area contributed by atoms with Crippen LogP contribution < -0.4 is 10.5 Å². The Bertz CT molecular complexity index is 1030. The van der Waals surface area contributed by atoms with Crippen LogP contribution in [0.1, 0.15) is 20.7 Å². The van der Waals surface area contributed by atoms with Crippen LogP contribution in [0.5, 0.6) is 5.75 Å². The number of primary amides is 1. The Morgan fingerprint density at radius 3 is 2.30 bits per heavy atom. The van der Waals surface area contributed by atoms with Crippen molar-refractivity contribution in [2.24, 2.45) is 5.73 Å². The SMILES string of the molecule is CN(CCN1CCN(C(=O)Oc2ccc([N+](=O)[O-])cc2)CC1)C(=O)c1cccc(C(N)=O)c1. The van der Waals surface area contributed by atoms with Gasteiger partial charge in [0.1, 0.15) is 5.75 Å². The van der Waals surface area contributed by atoms with Crippen molar-refractivity contribution >= 4 is 23.6 Å². The fourth-order valence-corrected chi connectivity index (χ4v) is 3.37. The molecule has 0 aliphatic carbocycles. The number of nitrogens with zero attached hydrogens (tertiary/aromatic N) is 4. The highest BCUT2D eigenvalue weighted by Crippen LogP contribution is 2.18. The van der Waals surface area contributed by atoms with Crippen LogP contribution in [0.3, 0.4) is 0 Å². The highest BCUT2D eigenvalue weighted by atomic mass is 16.6. The van der Waals surface area contributed by atoms with Gasteiger partial charge in [0.25, 0.3) is 11.6 Å². The molecule has 11 heteroatoms. The van der Waals surface area contributed by atoms with Crippen LogP contribution in [-0.4, -0.2) is 83.8 Å². The summed E-state index contributed by atoms with van der Waals surface area (Å²) in [5.74, 6) is -0.547. The van der Waals surface area contributed by atoms with Gasteiger partial charge in [0, 0.05) is 69.6 Å². The van der Waals surface area contributed by atoms with Gasteiger partial charge in [-0.3, -0.25) is 24.6 Å². The first-order valence-corrected chi connectivity index (χ1v) is 10.3. The number of nitrogens with two attached hydrogens (primary N) is 1. The number of hydrogen-bond donors (Lipinski definition) is 1. The lowest BCUT2D eigenvalue weighted by Gasteiger charge is -2.34. The van der Waals surface area contributed by atoms with Gasteiger partial charge in [0.2, 0.25) is 5.91 Å². The highest BCUT2D eigenvalue weighted by Gasteiger charge is 2.23. The molecule has 1 heterocycles. The standard InChI is InChI=1S/C22H25N5O6/c1-24(21(29)17-4-2-3-16(15-17)20(23)28)9-10-25-11-13-26(14-12-25)22(30)33-19-7-5-18(6-8-19)27(31)32/h2-8,15H,9-14H2,1H3,(H2,23,28). The molecule has 0 atom stereocenters. The summed E-state index contributed by atoms with van der Waals surface area (Å²) in [6, 6.07) is 11.6. The predicted molar refractivity (Wildman–Crippen MR) is 119 cm³/mol. The molecule has 0 bridgehead atoms. The molecule has 1 aliphatic rings. The smallest absolute Gasteiger partial charge is 0.410 e. The molecule has 3 amide bonds. The number of rotatable bonds is 7. The molecule has 33 heavy (non-hydrogen) atoms. The first kappa shape index (κ1) is 23.7.